The second kappa shape index (κ2) is 7.83. The molecule has 0 unspecified atom stereocenters. The molecule has 1 aromatic carbocycles. The number of methoxy groups -OCH3 is 2. The first-order chi connectivity index (χ1) is 14.1. The molecular formula is C21H20FN5O2. The van der Waals surface area contributed by atoms with Crippen LogP contribution in [0, 0.1) is 12.7 Å². The van der Waals surface area contributed by atoms with E-state index in [2.05, 4.69) is 20.2 Å². The molecule has 0 atom stereocenters. The third-order valence-corrected chi connectivity index (χ3v) is 4.83. The molecule has 0 N–H and O–H groups in total. The van der Waals surface area contributed by atoms with Crippen molar-refractivity contribution in [2.75, 3.05) is 14.2 Å². The van der Waals surface area contributed by atoms with Crippen LogP contribution in [-0.2, 0) is 12.8 Å². The number of hydrogen-bond acceptors (Lipinski definition) is 6. The van der Waals surface area contributed by atoms with Crippen LogP contribution in [0.5, 0.6) is 11.6 Å². The summed E-state index contributed by atoms with van der Waals surface area (Å²) in [5, 5.41) is 8.32. The highest BCUT2D eigenvalue weighted by atomic mass is 19.1. The Labute approximate surface area is 167 Å². The SMILES string of the molecule is COc1cccc(F)c1CCc1ccc(-c2cnc(C)nc2OC)c2nncn12. The van der Waals surface area contributed by atoms with Gasteiger partial charge < -0.3 is 9.47 Å². The molecule has 4 rings (SSSR count). The van der Waals surface area contributed by atoms with Crippen molar-refractivity contribution in [2.45, 2.75) is 19.8 Å². The standard InChI is InChI=1S/C21H20FN5O2/c1-13-23-11-17(21(25-13)29-3)15-9-7-14(27-12-24-26-20(15)27)8-10-16-18(22)5-4-6-19(16)28-2/h4-7,9,11-12H,8,10H2,1-3H3. The largest absolute Gasteiger partial charge is 0.496 e. The molecule has 148 valence electrons. The van der Waals surface area contributed by atoms with Gasteiger partial charge in [0.05, 0.1) is 19.8 Å². The van der Waals surface area contributed by atoms with Gasteiger partial charge in [0.2, 0.25) is 5.88 Å². The van der Waals surface area contributed by atoms with Gasteiger partial charge in [0.1, 0.15) is 23.7 Å². The van der Waals surface area contributed by atoms with Crippen molar-refractivity contribution >= 4 is 5.65 Å². The Morgan fingerprint density at radius 1 is 1.03 bits per heavy atom. The second-order valence-electron chi connectivity index (χ2n) is 6.52. The quantitative estimate of drug-likeness (QED) is 0.500. The molecule has 0 radical (unpaired) electrons. The normalized spacial score (nSPS) is 11.0. The lowest BCUT2D eigenvalue weighted by molar-refractivity contribution is 0.397. The number of aryl methyl sites for hydroxylation is 2. The average molecular weight is 393 g/mol. The lowest BCUT2D eigenvalue weighted by Crippen LogP contribution is -2.04. The fourth-order valence-corrected chi connectivity index (χ4v) is 3.39. The zero-order chi connectivity index (χ0) is 20.4. The van der Waals surface area contributed by atoms with Crippen LogP contribution in [0.1, 0.15) is 17.1 Å². The third-order valence-electron chi connectivity index (χ3n) is 4.83. The number of aromatic nitrogens is 5. The summed E-state index contributed by atoms with van der Waals surface area (Å²) in [6.45, 7) is 1.80. The first-order valence-corrected chi connectivity index (χ1v) is 9.13. The van der Waals surface area contributed by atoms with E-state index in [-0.39, 0.29) is 5.82 Å². The van der Waals surface area contributed by atoms with E-state index in [1.807, 2.05) is 16.5 Å². The maximum atomic E-state index is 14.3. The van der Waals surface area contributed by atoms with Gasteiger partial charge in [0.15, 0.2) is 5.65 Å². The lowest BCUT2D eigenvalue weighted by atomic mass is 10.0. The molecule has 7 nitrogen and oxygen atoms in total. The minimum atomic E-state index is -0.275. The van der Waals surface area contributed by atoms with Crippen molar-refractivity contribution in [2.24, 2.45) is 0 Å². The van der Waals surface area contributed by atoms with E-state index >= 15 is 0 Å². The lowest BCUT2D eigenvalue weighted by Gasteiger charge is -2.12. The number of hydrogen-bond donors (Lipinski definition) is 0. The van der Waals surface area contributed by atoms with Crippen molar-refractivity contribution in [1.82, 2.24) is 24.6 Å². The predicted molar refractivity (Wildman–Crippen MR) is 106 cm³/mol. The third kappa shape index (κ3) is 3.49. The van der Waals surface area contributed by atoms with E-state index in [1.54, 1.807) is 45.8 Å². The summed E-state index contributed by atoms with van der Waals surface area (Å²) in [6, 6.07) is 8.76. The first-order valence-electron chi connectivity index (χ1n) is 9.13. The van der Waals surface area contributed by atoms with Crippen molar-refractivity contribution < 1.29 is 13.9 Å². The van der Waals surface area contributed by atoms with E-state index in [0.717, 1.165) is 16.8 Å². The van der Waals surface area contributed by atoms with Crippen molar-refractivity contribution in [1.29, 1.82) is 0 Å². The topological polar surface area (TPSA) is 74.4 Å². The smallest absolute Gasteiger partial charge is 0.224 e. The van der Waals surface area contributed by atoms with Crippen molar-refractivity contribution in [3.8, 4) is 22.8 Å². The van der Waals surface area contributed by atoms with Crippen LogP contribution < -0.4 is 9.47 Å². The highest BCUT2D eigenvalue weighted by molar-refractivity contribution is 5.80. The van der Waals surface area contributed by atoms with Gasteiger partial charge in [0.25, 0.3) is 0 Å². The van der Waals surface area contributed by atoms with Gasteiger partial charge in [-0.15, -0.1) is 10.2 Å². The van der Waals surface area contributed by atoms with Crippen LogP contribution in [0.25, 0.3) is 16.8 Å². The summed E-state index contributed by atoms with van der Waals surface area (Å²) in [6.07, 6.45) is 4.44. The van der Waals surface area contributed by atoms with Crippen LogP contribution in [-0.4, -0.2) is 38.8 Å². The van der Waals surface area contributed by atoms with Gasteiger partial charge in [-0.1, -0.05) is 6.07 Å². The fourth-order valence-electron chi connectivity index (χ4n) is 3.39. The Morgan fingerprint density at radius 3 is 2.69 bits per heavy atom. The van der Waals surface area contributed by atoms with Crippen molar-refractivity contribution in [3.63, 3.8) is 0 Å². The van der Waals surface area contributed by atoms with E-state index in [0.29, 0.717) is 41.5 Å². The monoisotopic (exact) mass is 393 g/mol. The summed E-state index contributed by atoms with van der Waals surface area (Å²) in [5.41, 5.74) is 3.71. The highest BCUT2D eigenvalue weighted by Gasteiger charge is 2.16. The molecule has 8 heteroatoms. The summed E-state index contributed by atoms with van der Waals surface area (Å²) in [7, 11) is 3.12. The van der Waals surface area contributed by atoms with Gasteiger partial charge >= 0.3 is 0 Å². The number of rotatable bonds is 6. The molecule has 0 amide bonds. The Hall–Kier alpha value is -3.55. The number of fused-ring (bicyclic) bond motifs is 1. The molecule has 0 fully saturated rings. The zero-order valence-electron chi connectivity index (χ0n) is 16.4. The fraction of sp³-hybridized carbons (Fsp3) is 0.238. The number of benzene rings is 1. The van der Waals surface area contributed by atoms with Gasteiger partial charge in [-0.2, -0.15) is 4.98 Å². The minimum Gasteiger partial charge on any atom is -0.496 e. The second-order valence-corrected chi connectivity index (χ2v) is 6.52. The van der Waals surface area contributed by atoms with E-state index in [1.165, 1.54) is 6.07 Å². The summed E-state index contributed by atoms with van der Waals surface area (Å²) >= 11 is 0. The summed E-state index contributed by atoms with van der Waals surface area (Å²) in [4.78, 5) is 8.62. The molecular weight excluding hydrogens is 373 g/mol. The summed E-state index contributed by atoms with van der Waals surface area (Å²) < 4.78 is 26.9. The predicted octanol–water partition coefficient (Wildman–Crippen LogP) is 3.44. The Balaban J connectivity index is 1.71. The minimum absolute atomic E-state index is 0.275. The van der Waals surface area contributed by atoms with Gasteiger partial charge in [-0.25, -0.2) is 9.37 Å². The van der Waals surface area contributed by atoms with Gasteiger partial charge in [-0.3, -0.25) is 4.40 Å². The van der Waals surface area contributed by atoms with Crippen LogP contribution in [0.4, 0.5) is 4.39 Å². The van der Waals surface area contributed by atoms with Gasteiger partial charge in [-0.05, 0) is 44.0 Å². The van der Waals surface area contributed by atoms with Crippen LogP contribution in [0.3, 0.4) is 0 Å². The molecule has 0 aliphatic carbocycles. The number of halogens is 1. The molecule has 4 aromatic rings. The Morgan fingerprint density at radius 2 is 1.90 bits per heavy atom. The highest BCUT2D eigenvalue weighted by Crippen LogP contribution is 2.31. The Kier molecular flexibility index (Phi) is 5.07. The van der Waals surface area contributed by atoms with Crippen molar-refractivity contribution in [3.05, 3.63) is 65.8 Å². The molecule has 3 heterocycles. The molecule has 0 saturated heterocycles. The number of pyridine rings is 1. The molecule has 0 aliphatic heterocycles. The molecule has 0 saturated carbocycles. The molecule has 29 heavy (non-hydrogen) atoms. The molecule has 0 bridgehead atoms. The zero-order valence-corrected chi connectivity index (χ0v) is 16.4. The van der Waals surface area contributed by atoms with E-state index in [9.17, 15) is 4.39 Å². The molecule has 3 aromatic heterocycles. The molecule has 0 spiro atoms. The van der Waals surface area contributed by atoms with Crippen LogP contribution in [0.2, 0.25) is 0 Å². The maximum absolute atomic E-state index is 14.3. The number of nitrogens with zero attached hydrogens (tertiary/aromatic N) is 5. The first kappa shape index (κ1) is 18.8. The van der Waals surface area contributed by atoms with Crippen LogP contribution in [0.15, 0.2) is 42.9 Å². The summed E-state index contributed by atoms with van der Waals surface area (Å²) in [5.74, 6) is 1.37. The Bertz CT molecular complexity index is 1180. The van der Waals surface area contributed by atoms with Gasteiger partial charge in [0, 0.05) is 23.0 Å². The number of ether oxygens (including phenoxy) is 2. The molecule has 0 aliphatic rings. The average Bonchev–Trinajstić information content (AvgIpc) is 3.23. The maximum Gasteiger partial charge on any atom is 0.224 e. The van der Waals surface area contributed by atoms with Crippen LogP contribution >= 0.6 is 0 Å². The van der Waals surface area contributed by atoms with E-state index < -0.39 is 0 Å². The van der Waals surface area contributed by atoms with E-state index in [4.69, 9.17) is 9.47 Å².